The molecule has 2 aromatic carbocycles. The van der Waals surface area contributed by atoms with Crippen LogP contribution in [-0.4, -0.2) is 34.2 Å². The Morgan fingerprint density at radius 3 is 2.63 bits per heavy atom. The third-order valence-corrected chi connectivity index (χ3v) is 4.58. The van der Waals surface area contributed by atoms with Gasteiger partial charge >= 0.3 is 5.97 Å². The van der Waals surface area contributed by atoms with Crippen LogP contribution in [0.5, 0.6) is 0 Å². The number of nitrogens with one attached hydrogen (secondary N) is 1. The molecule has 1 N–H and O–H groups in total. The maximum atomic E-state index is 12.3. The van der Waals surface area contributed by atoms with Gasteiger partial charge in [0.2, 0.25) is 0 Å². The number of carbonyl (C=O) groups excluding carboxylic acids is 2. The van der Waals surface area contributed by atoms with Crippen molar-refractivity contribution >= 4 is 34.7 Å². The van der Waals surface area contributed by atoms with E-state index in [1.807, 2.05) is 35.8 Å². The lowest BCUT2D eigenvalue weighted by Gasteiger charge is -2.07. The third kappa shape index (κ3) is 4.19. The lowest BCUT2D eigenvalue weighted by Crippen LogP contribution is -2.19. The third-order valence-electron chi connectivity index (χ3n) is 4.58. The first-order chi connectivity index (χ1) is 14.4. The van der Waals surface area contributed by atoms with Crippen molar-refractivity contribution in [1.82, 2.24) is 9.99 Å². The second kappa shape index (κ2) is 8.99. The van der Waals surface area contributed by atoms with E-state index < -0.39 is 10.8 Å². The van der Waals surface area contributed by atoms with Crippen molar-refractivity contribution < 1.29 is 19.2 Å². The number of esters is 1. The van der Waals surface area contributed by atoms with Gasteiger partial charge in [-0.2, -0.15) is 5.10 Å². The molecule has 154 valence electrons. The Morgan fingerprint density at radius 2 is 1.90 bits per heavy atom. The van der Waals surface area contributed by atoms with E-state index in [9.17, 15) is 19.7 Å². The zero-order valence-electron chi connectivity index (χ0n) is 16.5. The van der Waals surface area contributed by atoms with E-state index in [1.54, 1.807) is 13.0 Å². The molecule has 30 heavy (non-hydrogen) atoms. The van der Waals surface area contributed by atoms with E-state index in [2.05, 4.69) is 10.5 Å². The molecule has 1 aromatic heterocycles. The molecule has 1 heterocycles. The van der Waals surface area contributed by atoms with Gasteiger partial charge in [-0.3, -0.25) is 19.7 Å². The Morgan fingerprint density at radius 1 is 1.20 bits per heavy atom. The number of nitro groups is 1. The maximum Gasteiger partial charge on any atom is 0.325 e. The lowest BCUT2D eigenvalue weighted by atomic mass is 10.1. The number of hydrogen-bond donors (Lipinski definition) is 1. The summed E-state index contributed by atoms with van der Waals surface area (Å²) in [6, 6.07) is 13.1. The first-order valence-electron chi connectivity index (χ1n) is 9.24. The molecule has 0 aliphatic carbocycles. The summed E-state index contributed by atoms with van der Waals surface area (Å²) in [5, 5.41) is 15.9. The van der Waals surface area contributed by atoms with Crippen LogP contribution in [-0.2, 0) is 16.1 Å². The van der Waals surface area contributed by atoms with Crippen molar-refractivity contribution in [3.05, 3.63) is 75.5 Å². The van der Waals surface area contributed by atoms with Crippen LogP contribution in [0.1, 0.15) is 28.5 Å². The molecule has 9 nitrogen and oxygen atoms in total. The average molecular weight is 408 g/mol. The van der Waals surface area contributed by atoms with Crippen LogP contribution < -0.4 is 5.43 Å². The smallest absolute Gasteiger partial charge is 0.325 e. The topological polar surface area (TPSA) is 116 Å². The van der Waals surface area contributed by atoms with Crippen LogP contribution in [0.2, 0.25) is 0 Å². The van der Waals surface area contributed by atoms with Crippen LogP contribution in [0.25, 0.3) is 10.9 Å². The highest BCUT2D eigenvalue weighted by atomic mass is 16.6. The summed E-state index contributed by atoms with van der Waals surface area (Å²) in [7, 11) is 0. The number of carbonyl (C=O) groups is 2. The predicted octanol–water partition coefficient (Wildman–Crippen LogP) is 3.18. The zero-order chi connectivity index (χ0) is 21.7. The Bertz CT molecular complexity index is 1150. The summed E-state index contributed by atoms with van der Waals surface area (Å²) in [6.07, 6.45) is 1.46. The molecule has 0 aliphatic heterocycles. The first kappa shape index (κ1) is 20.7. The molecular weight excluding hydrogens is 388 g/mol. The van der Waals surface area contributed by atoms with Gasteiger partial charge in [0.15, 0.2) is 0 Å². The number of rotatable bonds is 7. The number of nitro benzene ring substituents is 1. The van der Waals surface area contributed by atoms with Crippen LogP contribution in [0.15, 0.2) is 53.6 Å². The second-order valence-corrected chi connectivity index (χ2v) is 6.38. The van der Waals surface area contributed by atoms with Crippen molar-refractivity contribution in [2.75, 3.05) is 6.61 Å². The fraction of sp³-hybridized carbons (Fsp3) is 0.190. The summed E-state index contributed by atoms with van der Waals surface area (Å²) in [6.45, 7) is 3.93. The van der Waals surface area contributed by atoms with Gasteiger partial charge in [-0.25, -0.2) is 5.43 Å². The quantitative estimate of drug-likeness (QED) is 0.279. The van der Waals surface area contributed by atoms with Gasteiger partial charge in [-0.05, 0) is 26.0 Å². The Kier molecular flexibility index (Phi) is 6.21. The van der Waals surface area contributed by atoms with Crippen LogP contribution in [0.4, 0.5) is 5.69 Å². The number of ether oxygens (including phenoxy) is 1. The van der Waals surface area contributed by atoms with Crippen LogP contribution in [0.3, 0.4) is 0 Å². The predicted molar refractivity (Wildman–Crippen MR) is 111 cm³/mol. The Labute approximate surface area is 172 Å². The summed E-state index contributed by atoms with van der Waals surface area (Å²) < 4.78 is 6.86. The van der Waals surface area contributed by atoms with Gasteiger partial charge in [0, 0.05) is 28.2 Å². The van der Waals surface area contributed by atoms with E-state index in [0.29, 0.717) is 6.61 Å². The molecule has 0 saturated heterocycles. The molecular formula is C21H20N4O5. The van der Waals surface area contributed by atoms with Crippen molar-refractivity contribution in [3.63, 3.8) is 0 Å². The molecule has 3 aromatic rings. The molecule has 0 unspecified atom stereocenters. The van der Waals surface area contributed by atoms with Crippen molar-refractivity contribution in [3.8, 4) is 0 Å². The fourth-order valence-electron chi connectivity index (χ4n) is 3.20. The maximum absolute atomic E-state index is 12.3. The minimum Gasteiger partial charge on any atom is -0.465 e. The number of nitrogens with zero attached hydrogens (tertiary/aromatic N) is 3. The highest BCUT2D eigenvalue weighted by molar-refractivity contribution is 6.03. The molecule has 1 amide bonds. The van der Waals surface area contributed by atoms with Gasteiger partial charge < -0.3 is 9.30 Å². The van der Waals surface area contributed by atoms with E-state index in [4.69, 9.17) is 4.74 Å². The SMILES string of the molecule is CCOC(=O)Cn1c(C)c(/C=N\NC(=O)c2ccccc2[N+](=O)[O-])c2ccccc21. The summed E-state index contributed by atoms with van der Waals surface area (Å²) >= 11 is 0. The second-order valence-electron chi connectivity index (χ2n) is 6.38. The molecule has 0 spiro atoms. The number of hydrogen-bond acceptors (Lipinski definition) is 6. The minimum atomic E-state index is -0.688. The van der Waals surface area contributed by atoms with E-state index in [1.165, 1.54) is 24.4 Å². The highest BCUT2D eigenvalue weighted by Gasteiger charge is 2.19. The molecule has 0 bridgehead atoms. The summed E-state index contributed by atoms with van der Waals surface area (Å²) in [5.74, 6) is -1.04. The summed E-state index contributed by atoms with van der Waals surface area (Å²) in [5.41, 5.74) is 4.27. The molecule has 0 radical (unpaired) electrons. The normalized spacial score (nSPS) is 11.0. The van der Waals surface area contributed by atoms with E-state index in [-0.39, 0.29) is 23.8 Å². The summed E-state index contributed by atoms with van der Waals surface area (Å²) in [4.78, 5) is 34.8. The largest absolute Gasteiger partial charge is 0.465 e. The number of hydrazone groups is 1. The highest BCUT2D eigenvalue weighted by Crippen LogP contribution is 2.24. The first-order valence-corrected chi connectivity index (χ1v) is 9.24. The number of fused-ring (bicyclic) bond motifs is 1. The average Bonchev–Trinajstić information content (AvgIpc) is 2.99. The Hall–Kier alpha value is -4.01. The fourth-order valence-corrected chi connectivity index (χ4v) is 3.20. The number of amides is 1. The van der Waals surface area contributed by atoms with Gasteiger partial charge in [-0.1, -0.05) is 30.3 Å². The lowest BCUT2D eigenvalue weighted by molar-refractivity contribution is -0.385. The minimum absolute atomic E-state index is 0.0522. The van der Waals surface area contributed by atoms with Crippen molar-refractivity contribution in [1.29, 1.82) is 0 Å². The van der Waals surface area contributed by atoms with Gasteiger partial charge in [-0.15, -0.1) is 0 Å². The molecule has 0 aliphatic rings. The van der Waals surface area contributed by atoms with Gasteiger partial charge in [0.25, 0.3) is 11.6 Å². The Balaban J connectivity index is 1.88. The molecule has 0 atom stereocenters. The van der Waals surface area contributed by atoms with Gasteiger partial charge in [0.05, 0.1) is 17.7 Å². The van der Waals surface area contributed by atoms with Crippen LogP contribution in [0, 0.1) is 17.0 Å². The molecule has 9 heteroatoms. The molecule has 0 fully saturated rings. The number of para-hydroxylation sites is 2. The van der Waals surface area contributed by atoms with Crippen molar-refractivity contribution in [2.45, 2.75) is 20.4 Å². The zero-order valence-corrected chi connectivity index (χ0v) is 16.5. The standard InChI is InChI=1S/C21H20N4O5/c1-3-30-20(26)13-24-14(2)17(15-8-4-6-10-18(15)24)12-22-23-21(27)16-9-5-7-11-19(16)25(28)29/h4-12H,3,13H2,1-2H3,(H,23,27)/b22-12-. The number of aromatic nitrogens is 1. The van der Waals surface area contributed by atoms with Gasteiger partial charge in [0.1, 0.15) is 12.1 Å². The van der Waals surface area contributed by atoms with E-state index >= 15 is 0 Å². The van der Waals surface area contributed by atoms with Crippen molar-refractivity contribution in [2.24, 2.45) is 5.10 Å². The van der Waals surface area contributed by atoms with E-state index in [0.717, 1.165) is 22.2 Å². The molecule has 0 saturated carbocycles. The van der Waals surface area contributed by atoms with Crippen LogP contribution >= 0.6 is 0 Å². The number of benzene rings is 2. The monoisotopic (exact) mass is 408 g/mol. The molecule has 3 rings (SSSR count).